The molecule has 0 spiro atoms. The molecule has 0 saturated heterocycles. The van der Waals surface area contributed by atoms with E-state index in [1.807, 2.05) is 6.07 Å². The van der Waals surface area contributed by atoms with Crippen molar-refractivity contribution in [3.05, 3.63) is 53.0 Å². The fourth-order valence-electron chi connectivity index (χ4n) is 3.06. The summed E-state index contributed by atoms with van der Waals surface area (Å²) in [4.78, 5) is 12.5. The van der Waals surface area contributed by atoms with Gasteiger partial charge in [-0.15, -0.1) is 0 Å². The second kappa shape index (κ2) is 7.34. The first kappa shape index (κ1) is 18.0. The molecule has 0 atom stereocenters. The first-order valence-electron chi connectivity index (χ1n) is 8.98. The molecule has 3 aromatic rings. The van der Waals surface area contributed by atoms with Gasteiger partial charge < -0.3 is 14.8 Å². The topological polar surface area (TPSA) is 76.2 Å². The smallest absolute Gasteiger partial charge is 0.255 e. The summed E-state index contributed by atoms with van der Waals surface area (Å²) >= 11 is 0. The SMILES string of the molecule is COc1cc(/C=C/c2n[nH]c3ccc(C(=O)NC4CC4)c(OC)c23)ccc1F. The lowest BCUT2D eigenvalue weighted by atomic mass is 10.1. The number of hydrogen-bond acceptors (Lipinski definition) is 4. The van der Waals surface area contributed by atoms with E-state index >= 15 is 0 Å². The molecule has 7 heteroatoms. The van der Waals surface area contributed by atoms with Gasteiger partial charge >= 0.3 is 0 Å². The summed E-state index contributed by atoms with van der Waals surface area (Å²) in [5.41, 5.74) is 2.62. The summed E-state index contributed by atoms with van der Waals surface area (Å²) in [7, 11) is 2.96. The largest absolute Gasteiger partial charge is 0.495 e. The first-order valence-corrected chi connectivity index (χ1v) is 8.98. The summed E-state index contributed by atoms with van der Waals surface area (Å²) in [6.45, 7) is 0. The third-order valence-corrected chi connectivity index (χ3v) is 4.68. The Morgan fingerprint density at radius 3 is 2.75 bits per heavy atom. The Morgan fingerprint density at radius 2 is 2.04 bits per heavy atom. The highest BCUT2D eigenvalue weighted by Crippen LogP contribution is 2.33. The minimum absolute atomic E-state index is 0.152. The molecular formula is C21H20FN3O3. The molecule has 1 aromatic heterocycles. The number of hydrogen-bond donors (Lipinski definition) is 2. The summed E-state index contributed by atoms with van der Waals surface area (Å²) in [6, 6.07) is 8.40. The van der Waals surface area contributed by atoms with Gasteiger partial charge in [0.25, 0.3) is 5.91 Å². The molecule has 144 valence electrons. The van der Waals surface area contributed by atoms with Gasteiger partial charge in [0.05, 0.1) is 36.4 Å². The van der Waals surface area contributed by atoms with Crippen molar-refractivity contribution in [1.29, 1.82) is 0 Å². The number of benzene rings is 2. The number of amides is 1. The van der Waals surface area contributed by atoms with Crippen LogP contribution in [0.2, 0.25) is 0 Å². The molecule has 2 aromatic carbocycles. The maximum absolute atomic E-state index is 13.6. The number of aromatic nitrogens is 2. The molecule has 1 fully saturated rings. The third kappa shape index (κ3) is 3.43. The van der Waals surface area contributed by atoms with Crippen molar-refractivity contribution in [2.75, 3.05) is 14.2 Å². The number of carbonyl (C=O) groups is 1. The van der Waals surface area contributed by atoms with Crippen LogP contribution >= 0.6 is 0 Å². The monoisotopic (exact) mass is 381 g/mol. The van der Waals surface area contributed by atoms with E-state index in [9.17, 15) is 9.18 Å². The number of carbonyl (C=O) groups excluding carboxylic acids is 1. The van der Waals surface area contributed by atoms with Gasteiger partial charge in [-0.2, -0.15) is 5.10 Å². The van der Waals surface area contributed by atoms with E-state index in [0.717, 1.165) is 29.3 Å². The molecule has 1 heterocycles. The average Bonchev–Trinajstić information content (AvgIpc) is 3.43. The normalized spacial score (nSPS) is 13.8. The predicted molar refractivity (Wildman–Crippen MR) is 105 cm³/mol. The minimum atomic E-state index is -0.419. The van der Waals surface area contributed by atoms with Crippen molar-refractivity contribution in [2.24, 2.45) is 0 Å². The van der Waals surface area contributed by atoms with Gasteiger partial charge in [0.2, 0.25) is 0 Å². The first-order chi connectivity index (χ1) is 13.6. The Balaban J connectivity index is 1.72. The number of rotatable bonds is 6. The minimum Gasteiger partial charge on any atom is -0.495 e. The van der Waals surface area contributed by atoms with Crippen LogP contribution in [0.25, 0.3) is 23.1 Å². The lowest BCUT2D eigenvalue weighted by Crippen LogP contribution is -2.25. The molecule has 1 saturated carbocycles. The van der Waals surface area contributed by atoms with Crippen molar-refractivity contribution in [2.45, 2.75) is 18.9 Å². The molecule has 0 bridgehead atoms. The molecule has 2 N–H and O–H groups in total. The summed E-state index contributed by atoms with van der Waals surface area (Å²) in [6.07, 6.45) is 5.61. The molecule has 1 amide bonds. The molecule has 1 aliphatic rings. The van der Waals surface area contributed by atoms with Gasteiger partial charge in [0.15, 0.2) is 11.6 Å². The molecule has 0 aliphatic heterocycles. The molecule has 1 aliphatic carbocycles. The van der Waals surface area contributed by atoms with Crippen LogP contribution in [0.1, 0.15) is 34.5 Å². The van der Waals surface area contributed by atoms with Crippen LogP contribution < -0.4 is 14.8 Å². The van der Waals surface area contributed by atoms with Gasteiger partial charge in [-0.3, -0.25) is 9.89 Å². The lowest BCUT2D eigenvalue weighted by molar-refractivity contribution is 0.0948. The number of halogens is 1. The Hall–Kier alpha value is -3.35. The Kier molecular flexibility index (Phi) is 4.73. The lowest BCUT2D eigenvalue weighted by Gasteiger charge is -2.10. The molecule has 4 rings (SSSR count). The predicted octanol–water partition coefficient (Wildman–Crippen LogP) is 3.78. The number of ether oxygens (including phenoxy) is 2. The highest BCUT2D eigenvalue weighted by atomic mass is 19.1. The summed E-state index contributed by atoms with van der Waals surface area (Å²) in [5, 5.41) is 11.0. The van der Waals surface area contributed by atoms with Crippen molar-refractivity contribution < 1.29 is 18.7 Å². The van der Waals surface area contributed by atoms with E-state index in [0.29, 0.717) is 17.0 Å². The standard InChI is InChI=1S/C21H20FN3O3/c1-27-18-11-12(3-8-15(18)22)4-9-16-19-17(25-24-16)10-7-14(20(19)28-2)21(26)23-13-5-6-13/h3-4,7-11,13H,5-6H2,1-2H3,(H,23,26)(H,24,25)/b9-4+. The van der Waals surface area contributed by atoms with E-state index in [2.05, 4.69) is 15.5 Å². The highest BCUT2D eigenvalue weighted by Gasteiger charge is 2.26. The summed E-state index contributed by atoms with van der Waals surface area (Å²) < 4.78 is 24.2. The second-order valence-corrected chi connectivity index (χ2v) is 6.65. The Morgan fingerprint density at radius 1 is 1.21 bits per heavy atom. The van der Waals surface area contributed by atoms with Crippen molar-refractivity contribution >= 4 is 29.0 Å². The molecule has 28 heavy (non-hydrogen) atoms. The zero-order valence-electron chi connectivity index (χ0n) is 15.6. The molecule has 0 radical (unpaired) electrons. The zero-order valence-corrected chi connectivity index (χ0v) is 15.6. The van der Waals surface area contributed by atoms with Crippen LogP contribution in [0.4, 0.5) is 4.39 Å². The van der Waals surface area contributed by atoms with E-state index in [-0.39, 0.29) is 17.7 Å². The Labute approximate surface area is 161 Å². The second-order valence-electron chi connectivity index (χ2n) is 6.65. The van der Waals surface area contributed by atoms with Crippen molar-refractivity contribution in [1.82, 2.24) is 15.5 Å². The Bertz CT molecular complexity index is 1070. The van der Waals surface area contributed by atoms with E-state index in [4.69, 9.17) is 9.47 Å². The molecular weight excluding hydrogens is 361 g/mol. The zero-order chi connectivity index (χ0) is 19.7. The van der Waals surface area contributed by atoms with Crippen LogP contribution in [0, 0.1) is 5.82 Å². The fraction of sp³-hybridized carbons (Fsp3) is 0.238. The molecule has 6 nitrogen and oxygen atoms in total. The van der Waals surface area contributed by atoms with Crippen LogP contribution in [0.3, 0.4) is 0 Å². The van der Waals surface area contributed by atoms with E-state index in [1.165, 1.54) is 20.3 Å². The van der Waals surface area contributed by atoms with Crippen LogP contribution in [0.15, 0.2) is 30.3 Å². The maximum Gasteiger partial charge on any atom is 0.255 e. The number of aromatic amines is 1. The maximum atomic E-state index is 13.6. The van der Waals surface area contributed by atoms with E-state index < -0.39 is 5.82 Å². The summed E-state index contributed by atoms with van der Waals surface area (Å²) in [5.74, 6) is 0.0740. The number of fused-ring (bicyclic) bond motifs is 1. The van der Waals surface area contributed by atoms with Crippen LogP contribution in [-0.2, 0) is 0 Å². The van der Waals surface area contributed by atoms with Gasteiger partial charge in [0.1, 0.15) is 5.75 Å². The quantitative estimate of drug-likeness (QED) is 0.681. The van der Waals surface area contributed by atoms with E-state index in [1.54, 1.807) is 30.4 Å². The van der Waals surface area contributed by atoms with Gasteiger partial charge in [-0.25, -0.2) is 4.39 Å². The third-order valence-electron chi connectivity index (χ3n) is 4.68. The highest BCUT2D eigenvalue weighted by molar-refractivity contribution is 6.05. The number of nitrogens with one attached hydrogen (secondary N) is 2. The van der Waals surface area contributed by atoms with Gasteiger partial charge in [-0.05, 0) is 48.7 Å². The number of nitrogens with zero attached hydrogens (tertiary/aromatic N) is 1. The van der Waals surface area contributed by atoms with Crippen LogP contribution in [-0.4, -0.2) is 36.4 Å². The number of H-pyrrole nitrogens is 1. The van der Waals surface area contributed by atoms with Crippen LogP contribution in [0.5, 0.6) is 11.5 Å². The van der Waals surface area contributed by atoms with Crippen molar-refractivity contribution in [3.63, 3.8) is 0 Å². The van der Waals surface area contributed by atoms with Gasteiger partial charge in [-0.1, -0.05) is 12.1 Å². The van der Waals surface area contributed by atoms with Crippen molar-refractivity contribution in [3.8, 4) is 11.5 Å². The fourth-order valence-corrected chi connectivity index (χ4v) is 3.06. The van der Waals surface area contributed by atoms with Gasteiger partial charge in [0, 0.05) is 6.04 Å². The number of methoxy groups -OCH3 is 2. The average molecular weight is 381 g/mol. The molecule has 0 unspecified atom stereocenters.